The Bertz CT molecular complexity index is 696. The van der Waals surface area contributed by atoms with E-state index in [-0.39, 0.29) is 5.91 Å². The third kappa shape index (κ3) is 4.03. The molecule has 1 heterocycles. The Kier molecular flexibility index (Phi) is 5.17. The van der Waals surface area contributed by atoms with E-state index in [1.165, 1.54) is 0 Å². The molecule has 1 amide bonds. The Morgan fingerprint density at radius 3 is 2.61 bits per heavy atom. The number of hydrogen-bond donors (Lipinski definition) is 2. The molecule has 0 spiro atoms. The number of para-hydroxylation sites is 2. The molecule has 0 radical (unpaired) electrons. The third-order valence-corrected chi connectivity index (χ3v) is 4.87. The van der Waals surface area contributed by atoms with Crippen LogP contribution in [0.15, 0.2) is 48.5 Å². The minimum absolute atomic E-state index is 0.0595. The van der Waals surface area contributed by atoms with Crippen molar-refractivity contribution < 1.29 is 9.69 Å². The summed E-state index contributed by atoms with van der Waals surface area (Å²) < 4.78 is 1.06. The van der Waals surface area contributed by atoms with Crippen molar-refractivity contribution in [2.75, 3.05) is 43.4 Å². The highest BCUT2D eigenvalue weighted by molar-refractivity contribution is 14.1. The first-order valence-corrected chi connectivity index (χ1v) is 8.93. The lowest BCUT2D eigenvalue weighted by Crippen LogP contribution is -3.12. The zero-order valence-corrected chi connectivity index (χ0v) is 15.3. The number of hydrogen-bond acceptors (Lipinski definition) is 2. The van der Waals surface area contributed by atoms with Gasteiger partial charge in [-0.1, -0.05) is 18.2 Å². The van der Waals surface area contributed by atoms with Crippen LogP contribution in [0.2, 0.25) is 0 Å². The highest BCUT2D eigenvalue weighted by atomic mass is 127. The molecule has 2 aromatic carbocycles. The molecule has 2 aromatic rings. The van der Waals surface area contributed by atoms with Gasteiger partial charge in [-0.15, -0.1) is 0 Å². The van der Waals surface area contributed by atoms with Gasteiger partial charge in [-0.2, -0.15) is 0 Å². The maximum absolute atomic E-state index is 12.5. The normalized spacial score (nSPS) is 15.5. The fraction of sp³-hybridized carbons (Fsp3) is 0.278. The summed E-state index contributed by atoms with van der Waals surface area (Å²) >= 11 is 2.22. The number of carbonyl (C=O) groups is 1. The van der Waals surface area contributed by atoms with Crippen molar-refractivity contribution in [3.05, 3.63) is 57.7 Å². The van der Waals surface area contributed by atoms with Crippen molar-refractivity contribution in [3.63, 3.8) is 0 Å². The minimum Gasteiger partial charge on any atom is -0.359 e. The standard InChI is InChI=1S/C18H20IN3O/c1-21-9-11-22(12-10-21)17-8-3-2-7-16(17)20-18(23)14-5-4-6-15(19)13-14/h2-8,13H,9-12H2,1H3,(H,20,23)/p+1. The van der Waals surface area contributed by atoms with Gasteiger partial charge < -0.3 is 15.1 Å². The predicted molar refractivity (Wildman–Crippen MR) is 102 cm³/mol. The molecule has 1 fully saturated rings. The van der Waals surface area contributed by atoms with Crippen molar-refractivity contribution in [2.24, 2.45) is 0 Å². The molecule has 1 aliphatic rings. The molecular formula is C18H21IN3O+. The Morgan fingerprint density at radius 2 is 1.87 bits per heavy atom. The van der Waals surface area contributed by atoms with Crippen LogP contribution >= 0.6 is 22.6 Å². The summed E-state index contributed by atoms with van der Waals surface area (Å²) in [5, 5.41) is 3.07. The Hall–Kier alpha value is -1.60. The summed E-state index contributed by atoms with van der Waals surface area (Å²) in [6, 6.07) is 15.7. The molecule has 23 heavy (non-hydrogen) atoms. The molecule has 0 aliphatic carbocycles. The Balaban J connectivity index is 1.79. The largest absolute Gasteiger partial charge is 0.359 e. The van der Waals surface area contributed by atoms with Crippen LogP contribution in [0.1, 0.15) is 10.4 Å². The summed E-state index contributed by atoms with van der Waals surface area (Å²) in [6.45, 7) is 4.28. The molecule has 0 saturated carbocycles. The molecule has 4 nitrogen and oxygen atoms in total. The second-order valence-electron chi connectivity index (χ2n) is 5.93. The second-order valence-corrected chi connectivity index (χ2v) is 7.17. The fourth-order valence-corrected chi connectivity index (χ4v) is 3.35. The molecular weight excluding hydrogens is 401 g/mol. The number of nitrogens with zero attached hydrogens (tertiary/aromatic N) is 1. The van der Waals surface area contributed by atoms with E-state index < -0.39 is 0 Å². The first-order chi connectivity index (χ1) is 11.1. The zero-order valence-electron chi connectivity index (χ0n) is 13.2. The number of amides is 1. The van der Waals surface area contributed by atoms with Gasteiger partial charge in [-0.25, -0.2) is 0 Å². The maximum Gasteiger partial charge on any atom is 0.255 e. The number of halogens is 1. The van der Waals surface area contributed by atoms with Crippen molar-refractivity contribution >= 4 is 39.9 Å². The topological polar surface area (TPSA) is 36.8 Å². The number of piperazine rings is 1. The lowest BCUT2D eigenvalue weighted by atomic mass is 10.2. The average Bonchev–Trinajstić information content (AvgIpc) is 2.56. The van der Waals surface area contributed by atoms with Gasteiger partial charge in [0.05, 0.1) is 44.6 Å². The van der Waals surface area contributed by atoms with Crippen molar-refractivity contribution in [1.29, 1.82) is 0 Å². The van der Waals surface area contributed by atoms with Crippen molar-refractivity contribution in [2.45, 2.75) is 0 Å². The Labute approximate surface area is 150 Å². The number of rotatable bonds is 3. The number of likely N-dealkylation sites (N-methyl/N-ethyl adjacent to an activating group) is 1. The first kappa shape index (κ1) is 16.3. The summed E-state index contributed by atoms with van der Waals surface area (Å²) in [6.07, 6.45) is 0. The van der Waals surface area contributed by atoms with E-state index in [9.17, 15) is 4.79 Å². The van der Waals surface area contributed by atoms with Crippen LogP contribution in [-0.4, -0.2) is 39.1 Å². The van der Waals surface area contributed by atoms with E-state index in [0.29, 0.717) is 5.56 Å². The van der Waals surface area contributed by atoms with Crippen LogP contribution in [0.3, 0.4) is 0 Å². The van der Waals surface area contributed by atoms with Gasteiger partial charge in [0.1, 0.15) is 0 Å². The molecule has 2 N–H and O–H groups in total. The number of quaternary nitrogens is 1. The molecule has 5 heteroatoms. The van der Waals surface area contributed by atoms with Gasteiger partial charge in [-0.3, -0.25) is 4.79 Å². The van der Waals surface area contributed by atoms with Crippen molar-refractivity contribution in [3.8, 4) is 0 Å². The summed E-state index contributed by atoms with van der Waals surface area (Å²) in [4.78, 5) is 16.4. The van der Waals surface area contributed by atoms with Gasteiger partial charge in [0.15, 0.2) is 0 Å². The summed E-state index contributed by atoms with van der Waals surface area (Å²) in [5.74, 6) is -0.0595. The molecule has 3 rings (SSSR count). The third-order valence-electron chi connectivity index (χ3n) is 4.20. The van der Waals surface area contributed by atoms with E-state index in [1.807, 2.05) is 42.5 Å². The van der Waals surface area contributed by atoms with Gasteiger partial charge in [0, 0.05) is 9.13 Å². The van der Waals surface area contributed by atoms with Crippen LogP contribution in [0, 0.1) is 3.57 Å². The van der Waals surface area contributed by atoms with Gasteiger partial charge in [-0.05, 0) is 52.9 Å². The van der Waals surface area contributed by atoms with Crippen LogP contribution in [0.5, 0.6) is 0 Å². The van der Waals surface area contributed by atoms with E-state index in [0.717, 1.165) is 41.1 Å². The molecule has 0 aromatic heterocycles. The van der Waals surface area contributed by atoms with E-state index in [1.54, 1.807) is 4.90 Å². The number of carbonyl (C=O) groups excluding carboxylic acids is 1. The average molecular weight is 422 g/mol. The van der Waals surface area contributed by atoms with E-state index >= 15 is 0 Å². The molecule has 0 atom stereocenters. The monoisotopic (exact) mass is 422 g/mol. The molecule has 0 bridgehead atoms. The molecule has 0 unspecified atom stereocenters. The van der Waals surface area contributed by atoms with Gasteiger partial charge in [0.25, 0.3) is 5.91 Å². The maximum atomic E-state index is 12.5. The second kappa shape index (κ2) is 7.31. The molecule has 120 valence electrons. The smallest absolute Gasteiger partial charge is 0.255 e. The predicted octanol–water partition coefficient (Wildman–Crippen LogP) is 1.88. The van der Waals surface area contributed by atoms with E-state index in [4.69, 9.17) is 0 Å². The van der Waals surface area contributed by atoms with Gasteiger partial charge in [0.2, 0.25) is 0 Å². The Morgan fingerprint density at radius 1 is 1.13 bits per heavy atom. The highest BCUT2D eigenvalue weighted by Gasteiger charge is 2.20. The molecule has 1 saturated heterocycles. The first-order valence-electron chi connectivity index (χ1n) is 7.85. The van der Waals surface area contributed by atoms with Crippen LogP contribution in [0.25, 0.3) is 0 Å². The minimum atomic E-state index is -0.0595. The number of nitrogens with one attached hydrogen (secondary N) is 2. The van der Waals surface area contributed by atoms with Crippen LogP contribution in [-0.2, 0) is 0 Å². The lowest BCUT2D eigenvalue weighted by Gasteiger charge is -2.33. The number of benzene rings is 2. The van der Waals surface area contributed by atoms with Gasteiger partial charge >= 0.3 is 0 Å². The summed E-state index contributed by atoms with van der Waals surface area (Å²) in [5.41, 5.74) is 2.68. The highest BCUT2D eigenvalue weighted by Crippen LogP contribution is 2.26. The summed E-state index contributed by atoms with van der Waals surface area (Å²) in [7, 11) is 2.22. The SMILES string of the molecule is C[NH+]1CCN(c2ccccc2NC(=O)c2cccc(I)c2)CC1. The van der Waals surface area contributed by atoms with Crippen LogP contribution in [0.4, 0.5) is 11.4 Å². The molecule has 1 aliphatic heterocycles. The number of anilines is 2. The zero-order chi connectivity index (χ0) is 16.2. The lowest BCUT2D eigenvalue weighted by molar-refractivity contribution is -0.880. The quantitative estimate of drug-likeness (QED) is 0.742. The van der Waals surface area contributed by atoms with Crippen LogP contribution < -0.4 is 15.1 Å². The van der Waals surface area contributed by atoms with E-state index in [2.05, 4.69) is 45.9 Å². The fourth-order valence-electron chi connectivity index (χ4n) is 2.81. The van der Waals surface area contributed by atoms with Crippen molar-refractivity contribution in [1.82, 2.24) is 0 Å².